The summed E-state index contributed by atoms with van der Waals surface area (Å²) in [5.74, 6) is -2.43. The van der Waals surface area contributed by atoms with Gasteiger partial charge >= 0.3 is 23.9 Å². The Morgan fingerprint density at radius 1 is 0.346 bits per heavy atom. The molecular formula is C18H28O8. The lowest BCUT2D eigenvalue weighted by atomic mass is 10.1. The third-order valence-corrected chi connectivity index (χ3v) is 3.98. The van der Waals surface area contributed by atoms with Gasteiger partial charge in [-0.15, -0.1) is 0 Å². The third-order valence-electron chi connectivity index (χ3n) is 3.98. The average molecular weight is 372 g/mol. The molecule has 1 saturated heterocycles. The molecule has 0 spiro atoms. The molecule has 0 atom stereocenters. The maximum absolute atomic E-state index is 11.4. The highest BCUT2D eigenvalue weighted by atomic mass is 17.2. The highest BCUT2D eigenvalue weighted by Gasteiger charge is 2.12. The Kier molecular flexibility index (Phi) is 11.9. The molecule has 0 aromatic rings. The van der Waals surface area contributed by atoms with Gasteiger partial charge in [-0.2, -0.15) is 0 Å². The SMILES string of the molecule is O=C1CCCCCCCCCCC(=O)OOC(=O)CCCCC(=O)OO1. The molecule has 0 amide bonds. The smallest absolute Gasteiger partial charge is 0.247 e. The van der Waals surface area contributed by atoms with Crippen LogP contribution in [0.4, 0.5) is 0 Å². The summed E-state index contributed by atoms with van der Waals surface area (Å²) in [5, 5.41) is 0. The van der Waals surface area contributed by atoms with Crippen LogP contribution in [0.1, 0.15) is 89.9 Å². The Morgan fingerprint density at radius 3 is 0.808 bits per heavy atom. The minimum absolute atomic E-state index is 0.0142. The van der Waals surface area contributed by atoms with Gasteiger partial charge in [-0.1, -0.05) is 38.5 Å². The van der Waals surface area contributed by atoms with Gasteiger partial charge in [-0.05, 0) is 25.7 Å². The van der Waals surface area contributed by atoms with Gasteiger partial charge in [0.05, 0.1) is 25.7 Å². The van der Waals surface area contributed by atoms with Gasteiger partial charge in [0.15, 0.2) is 0 Å². The van der Waals surface area contributed by atoms with Crippen molar-refractivity contribution in [2.24, 2.45) is 0 Å². The maximum atomic E-state index is 11.4. The molecule has 0 N–H and O–H groups in total. The molecule has 1 rings (SSSR count). The minimum atomic E-state index is -0.666. The van der Waals surface area contributed by atoms with Gasteiger partial charge in [0.1, 0.15) is 0 Å². The zero-order chi connectivity index (χ0) is 19.0. The van der Waals surface area contributed by atoms with Crippen LogP contribution in [-0.2, 0) is 38.7 Å². The van der Waals surface area contributed by atoms with Gasteiger partial charge in [0.25, 0.3) is 0 Å². The fourth-order valence-corrected chi connectivity index (χ4v) is 2.49. The molecule has 0 bridgehead atoms. The zero-order valence-electron chi connectivity index (χ0n) is 15.2. The van der Waals surface area contributed by atoms with E-state index in [0.29, 0.717) is 25.7 Å². The first kappa shape index (κ1) is 21.9. The third kappa shape index (κ3) is 12.3. The number of carbonyl (C=O) groups excluding carboxylic acids is 4. The molecule has 1 heterocycles. The van der Waals surface area contributed by atoms with Gasteiger partial charge < -0.3 is 0 Å². The summed E-state index contributed by atoms with van der Waals surface area (Å²) in [7, 11) is 0. The summed E-state index contributed by atoms with van der Waals surface area (Å²) in [6.07, 6.45) is 8.59. The van der Waals surface area contributed by atoms with Crippen molar-refractivity contribution >= 4 is 23.9 Å². The highest BCUT2D eigenvalue weighted by molar-refractivity contribution is 5.73. The molecule has 8 nitrogen and oxygen atoms in total. The molecule has 1 fully saturated rings. The molecule has 0 aliphatic carbocycles. The maximum Gasteiger partial charge on any atom is 0.355 e. The van der Waals surface area contributed by atoms with Gasteiger partial charge in [-0.3, -0.25) is 0 Å². The van der Waals surface area contributed by atoms with Crippen LogP contribution < -0.4 is 0 Å². The molecule has 26 heavy (non-hydrogen) atoms. The number of hydrogen-bond donors (Lipinski definition) is 0. The van der Waals surface area contributed by atoms with Crippen LogP contribution in [0.2, 0.25) is 0 Å². The van der Waals surface area contributed by atoms with Crippen molar-refractivity contribution < 1.29 is 38.7 Å². The lowest BCUT2D eigenvalue weighted by Crippen LogP contribution is -2.12. The standard InChI is InChI=1S/C18H28O8/c19-15-11-7-5-3-1-2-4-6-8-12-16(20)24-26-18(22)14-10-9-13-17(21)25-23-15/h1-14H2. The zero-order valence-corrected chi connectivity index (χ0v) is 15.2. The molecule has 0 unspecified atom stereocenters. The highest BCUT2D eigenvalue weighted by Crippen LogP contribution is 2.12. The Morgan fingerprint density at radius 2 is 0.538 bits per heavy atom. The van der Waals surface area contributed by atoms with Crippen LogP contribution in [0, 0.1) is 0 Å². The van der Waals surface area contributed by atoms with Crippen molar-refractivity contribution in [1.29, 1.82) is 0 Å². The lowest BCUT2D eigenvalue weighted by Gasteiger charge is -2.05. The molecule has 148 valence electrons. The van der Waals surface area contributed by atoms with E-state index < -0.39 is 23.9 Å². The predicted octanol–water partition coefficient (Wildman–Crippen LogP) is 3.46. The largest absolute Gasteiger partial charge is 0.355 e. The van der Waals surface area contributed by atoms with Gasteiger partial charge in [-0.25, -0.2) is 38.7 Å². The monoisotopic (exact) mass is 372 g/mol. The Labute approximate surface area is 153 Å². The first-order chi connectivity index (χ1) is 12.6. The number of carbonyl (C=O) groups is 4. The van der Waals surface area contributed by atoms with Gasteiger partial charge in [0.2, 0.25) is 0 Å². The van der Waals surface area contributed by atoms with Crippen molar-refractivity contribution in [3.05, 3.63) is 0 Å². The second-order valence-corrected chi connectivity index (χ2v) is 6.36. The normalized spacial score (nSPS) is 21.2. The molecule has 0 aromatic carbocycles. The fraction of sp³-hybridized carbons (Fsp3) is 0.778. The van der Waals surface area contributed by atoms with Crippen LogP contribution >= 0.6 is 0 Å². The number of rotatable bonds is 0. The van der Waals surface area contributed by atoms with Crippen LogP contribution in [-0.4, -0.2) is 23.9 Å². The fourth-order valence-electron chi connectivity index (χ4n) is 2.49. The summed E-state index contributed by atoms with van der Waals surface area (Å²) in [6.45, 7) is 0. The first-order valence-corrected chi connectivity index (χ1v) is 9.38. The second-order valence-electron chi connectivity index (χ2n) is 6.36. The van der Waals surface area contributed by atoms with Crippen molar-refractivity contribution in [2.75, 3.05) is 0 Å². The lowest BCUT2D eigenvalue weighted by molar-refractivity contribution is -0.260. The molecular weight excluding hydrogens is 344 g/mol. The molecule has 1 aliphatic rings. The van der Waals surface area contributed by atoms with Crippen LogP contribution in [0.15, 0.2) is 0 Å². The Hall–Kier alpha value is -2.12. The van der Waals surface area contributed by atoms with Crippen molar-refractivity contribution in [2.45, 2.75) is 89.9 Å². The summed E-state index contributed by atoms with van der Waals surface area (Å²) in [4.78, 5) is 63.5. The van der Waals surface area contributed by atoms with E-state index in [2.05, 4.69) is 19.6 Å². The van der Waals surface area contributed by atoms with Crippen molar-refractivity contribution in [3.8, 4) is 0 Å². The quantitative estimate of drug-likeness (QED) is 0.595. The first-order valence-electron chi connectivity index (χ1n) is 9.38. The average Bonchev–Trinajstić information content (AvgIpc) is 2.62. The van der Waals surface area contributed by atoms with E-state index in [1.807, 2.05) is 0 Å². The van der Waals surface area contributed by atoms with E-state index in [1.54, 1.807) is 0 Å². The van der Waals surface area contributed by atoms with E-state index in [9.17, 15) is 19.2 Å². The van der Waals surface area contributed by atoms with Gasteiger partial charge in [0, 0.05) is 0 Å². The van der Waals surface area contributed by atoms with E-state index >= 15 is 0 Å². The summed E-state index contributed by atoms with van der Waals surface area (Å²) < 4.78 is 0. The van der Waals surface area contributed by atoms with E-state index in [-0.39, 0.29) is 25.7 Å². The Balaban J connectivity index is 2.33. The predicted molar refractivity (Wildman–Crippen MR) is 89.0 cm³/mol. The van der Waals surface area contributed by atoms with Crippen molar-refractivity contribution in [1.82, 2.24) is 0 Å². The van der Waals surface area contributed by atoms with E-state index in [1.165, 1.54) is 0 Å². The Bertz CT molecular complexity index is 418. The van der Waals surface area contributed by atoms with Crippen LogP contribution in [0.3, 0.4) is 0 Å². The minimum Gasteiger partial charge on any atom is -0.247 e. The molecule has 1 aliphatic heterocycles. The van der Waals surface area contributed by atoms with Crippen LogP contribution in [0.25, 0.3) is 0 Å². The van der Waals surface area contributed by atoms with E-state index in [0.717, 1.165) is 38.5 Å². The summed E-state index contributed by atoms with van der Waals surface area (Å²) in [6, 6.07) is 0. The summed E-state index contributed by atoms with van der Waals surface area (Å²) in [5.41, 5.74) is 0. The molecule has 0 aromatic heterocycles. The topological polar surface area (TPSA) is 105 Å². The van der Waals surface area contributed by atoms with Crippen molar-refractivity contribution in [3.63, 3.8) is 0 Å². The van der Waals surface area contributed by atoms with E-state index in [4.69, 9.17) is 0 Å². The number of hydrogen-bond acceptors (Lipinski definition) is 8. The second kappa shape index (κ2) is 14.1. The van der Waals surface area contributed by atoms with Crippen LogP contribution in [0.5, 0.6) is 0 Å². The molecule has 0 saturated carbocycles. The molecule has 0 radical (unpaired) electrons. The molecule has 8 heteroatoms. The summed E-state index contributed by atoms with van der Waals surface area (Å²) >= 11 is 0.